The molecular formula is C17H28N2O5. The molecule has 1 aliphatic carbocycles. The van der Waals surface area contributed by atoms with Gasteiger partial charge in [0.1, 0.15) is 12.1 Å². The number of hydrogen-bond donors (Lipinski definition) is 3. The predicted octanol–water partition coefficient (Wildman–Crippen LogP) is 1.46. The van der Waals surface area contributed by atoms with Crippen LogP contribution in [0.3, 0.4) is 0 Å². The lowest BCUT2D eigenvalue weighted by molar-refractivity contribution is -0.151. The highest BCUT2D eigenvalue weighted by molar-refractivity contribution is 5.88. The fraction of sp³-hybridized carbons (Fsp3) is 0.824. The van der Waals surface area contributed by atoms with Gasteiger partial charge in [-0.2, -0.15) is 0 Å². The highest BCUT2D eigenvalue weighted by Crippen LogP contribution is 2.40. The molecule has 0 unspecified atom stereocenters. The molecule has 1 heterocycles. The van der Waals surface area contributed by atoms with Crippen molar-refractivity contribution in [3.05, 3.63) is 0 Å². The zero-order chi connectivity index (χ0) is 17.9. The van der Waals surface area contributed by atoms with Crippen molar-refractivity contribution in [2.75, 3.05) is 0 Å². The second-order valence-electron chi connectivity index (χ2n) is 7.01. The van der Waals surface area contributed by atoms with E-state index in [2.05, 4.69) is 5.32 Å². The largest absolute Gasteiger partial charge is 0.480 e. The molecule has 1 amide bonds. The lowest BCUT2D eigenvalue weighted by Gasteiger charge is -2.35. The van der Waals surface area contributed by atoms with Crippen molar-refractivity contribution in [2.45, 2.75) is 83.0 Å². The molecule has 2 fully saturated rings. The van der Waals surface area contributed by atoms with Crippen LogP contribution in [0.2, 0.25) is 0 Å². The summed E-state index contributed by atoms with van der Waals surface area (Å²) in [5, 5.41) is 21.6. The molecule has 2 aliphatic rings. The van der Waals surface area contributed by atoms with Gasteiger partial charge in [0.2, 0.25) is 5.91 Å². The molecule has 0 bridgehead atoms. The summed E-state index contributed by atoms with van der Waals surface area (Å²) in [4.78, 5) is 37.3. The van der Waals surface area contributed by atoms with E-state index < -0.39 is 30.1 Å². The van der Waals surface area contributed by atoms with E-state index in [1.54, 1.807) is 6.92 Å². The molecule has 7 nitrogen and oxygen atoms in total. The van der Waals surface area contributed by atoms with Crippen molar-refractivity contribution in [1.82, 2.24) is 10.2 Å². The van der Waals surface area contributed by atoms with E-state index in [-0.39, 0.29) is 17.9 Å². The molecular weight excluding hydrogens is 315 g/mol. The molecule has 3 N–H and O–H groups in total. The maximum absolute atomic E-state index is 12.9. The van der Waals surface area contributed by atoms with E-state index in [0.717, 1.165) is 25.7 Å². The first-order valence-corrected chi connectivity index (χ1v) is 8.90. The van der Waals surface area contributed by atoms with E-state index in [9.17, 15) is 24.6 Å². The van der Waals surface area contributed by atoms with Gasteiger partial charge < -0.3 is 15.1 Å². The summed E-state index contributed by atoms with van der Waals surface area (Å²) in [7, 11) is 0. The number of nitrogens with one attached hydrogen (secondary N) is 1. The average molecular weight is 343 g/mol. The Morgan fingerprint density at radius 2 is 1.88 bits per heavy atom. The van der Waals surface area contributed by atoms with Gasteiger partial charge in [-0.15, -0.1) is 0 Å². The summed E-state index contributed by atoms with van der Waals surface area (Å²) >= 11 is 0. The Bertz CT molecular complexity index is 495. The summed E-state index contributed by atoms with van der Waals surface area (Å²) in [5.41, 5.74) is 0. The number of amides is 1. The number of likely N-dealkylation sites (tertiary alicyclic amines) is 1. The predicted molar refractivity (Wildman–Crippen MR) is 87.6 cm³/mol. The van der Waals surface area contributed by atoms with Crippen molar-refractivity contribution in [1.29, 1.82) is 0 Å². The molecule has 1 aliphatic heterocycles. The average Bonchev–Trinajstić information content (AvgIpc) is 2.93. The van der Waals surface area contributed by atoms with Crippen LogP contribution in [0.4, 0.5) is 0 Å². The zero-order valence-electron chi connectivity index (χ0n) is 14.4. The Morgan fingerprint density at radius 1 is 1.21 bits per heavy atom. The van der Waals surface area contributed by atoms with Gasteiger partial charge in [0, 0.05) is 6.04 Å². The molecule has 0 radical (unpaired) electrons. The molecule has 0 aromatic rings. The van der Waals surface area contributed by atoms with Crippen LogP contribution in [0, 0.1) is 5.92 Å². The van der Waals surface area contributed by atoms with E-state index in [1.165, 1.54) is 4.90 Å². The minimum Gasteiger partial charge on any atom is -0.480 e. The van der Waals surface area contributed by atoms with E-state index >= 15 is 0 Å². The number of carboxylic acids is 2. The first-order chi connectivity index (χ1) is 11.4. The molecule has 1 saturated heterocycles. The van der Waals surface area contributed by atoms with Gasteiger partial charge in [0.05, 0.1) is 6.04 Å². The van der Waals surface area contributed by atoms with Gasteiger partial charge in [-0.25, -0.2) is 4.79 Å². The molecule has 1 saturated carbocycles. The third-order valence-electron chi connectivity index (χ3n) is 5.32. The van der Waals surface area contributed by atoms with Gasteiger partial charge in [0.25, 0.3) is 0 Å². The monoisotopic (exact) mass is 343 g/mol. The minimum absolute atomic E-state index is 0.0222. The second kappa shape index (κ2) is 7.96. The molecule has 5 atom stereocenters. The van der Waals surface area contributed by atoms with Gasteiger partial charge >= 0.3 is 11.9 Å². The van der Waals surface area contributed by atoms with Crippen LogP contribution < -0.4 is 5.32 Å². The number of fused-ring (bicyclic) bond motifs is 1. The SMILES string of the molecule is CCC[C@H](N[13C@@H]([13CH3])[13C](=O)N1[C@H](C(=O)O)C[C@@H]2CCCC[C@@H]21)C(=O)O. The fourth-order valence-corrected chi connectivity index (χ4v) is 4.16. The van der Waals surface area contributed by atoms with Gasteiger partial charge in [0.15, 0.2) is 0 Å². The summed E-state index contributed by atoms with van der Waals surface area (Å²) < 4.78 is 0. The molecule has 24 heavy (non-hydrogen) atoms. The number of hydrogen-bond acceptors (Lipinski definition) is 4. The Labute approximate surface area is 142 Å². The standard InChI is InChI=1S/C17H28N2O5/c1-3-6-12(16(21)22)18-10(2)15(20)19-13-8-5-4-7-11(13)9-14(19)17(23)24/h10-14,18H,3-9H2,1-2H3,(H,21,22)(H,23,24)/t10-,11-,12-,13-,14-/m0/s1/i2+1,10+1,15+1. The van der Waals surface area contributed by atoms with Crippen LogP contribution in [0.15, 0.2) is 0 Å². The summed E-state index contributed by atoms with van der Waals surface area (Å²) in [6.07, 6.45) is 5.53. The molecule has 7 heteroatoms. The van der Waals surface area contributed by atoms with Crippen molar-refractivity contribution < 1.29 is 24.6 Å². The Hall–Kier alpha value is -1.63. The number of carbonyl (C=O) groups is 3. The lowest BCUT2D eigenvalue weighted by atomic mass is 9.85. The van der Waals surface area contributed by atoms with Crippen LogP contribution in [0.1, 0.15) is 58.8 Å². The molecule has 0 spiro atoms. The second-order valence-corrected chi connectivity index (χ2v) is 7.01. The van der Waals surface area contributed by atoms with Crippen LogP contribution in [0.5, 0.6) is 0 Å². The number of carboxylic acid groups (broad SMARTS) is 2. The van der Waals surface area contributed by atoms with Gasteiger partial charge in [-0.1, -0.05) is 26.2 Å². The van der Waals surface area contributed by atoms with Crippen LogP contribution >= 0.6 is 0 Å². The highest BCUT2D eigenvalue weighted by atomic mass is 16.4. The van der Waals surface area contributed by atoms with E-state index in [0.29, 0.717) is 19.3 Å². The van der Waals surface area contributed by atoms with Gasteiger partial charge in [-0.3, -0.25) is 14.9 Å². The molecule has 0 aromatic carbocycles. The summed E-state index contributed by atoms with van der Waals surface area (Å²) in [6, 6.07) is -2.31. The quantitative estimate of drug-likeness (QED) is 0.604. The molecule has 2 rings (SSSR count). The zero-order valence-corrected chi connectivity index (χ0v) is 14.4. The van der Waals surface area contributed by atoms with Crippen molar-refractivity contribution >= 4 is 17.8 Å². The van der Waals surface area contributed by atoms with Gasteiger partial charge in [-0.05, 0) is 38.5 Å². The fourth-order valence-electron chi connectivity index (χ4n) is 4.16. The number of rotatable bonds is 7. The topological polar surface area (TPSA) is 107 Å². The first kappa shape index (κ1) is 18.7. The minimum atomic E-state index is -0.983. The first-order valence-electron chi connectivity index (χ1n) is 8.90. The summed E-state index contributed by atoms with van der Waals surface area (Å²) in [5.74, 6) is -1.99. The maximum Gasteiger partial charge on any atom is 0.326 e. The van der Waals surface area contributed by atoms with Crippen LogP contribution in [-0.4, -0.2) is 57.1 Å². The Morgan fingerprint density at radius 3 is 2.46 bits per heavy atom. The third kappa shape index (κ3) is 3.88. The number of nitrogens with zero attached hydrogens (tertiary/aromatic N) is 1. The summed E-state index contributed by atoms with van der Waals surface area (Å²) in [6.45, 7) is 3.51. The Kier molecular flexibility index (Phi) is 6.21. The Balaban J connectivity index is 2.12. The number of aliphatic carboxylic acids is 2. The smallest absolute Gasteiger partial charge is 0.326 e. The van der Waals surface area contributed by atoms with Crippen LogP contribution in [-0.2, 0) is 14.4 Å². The van der Waals surface area contributed by atoms with E-state index in [1.807, 2.05) is 6.92 Å². The lowest BCUT2D eigenvalue weighted by Crippen LogP contribution is -2.55. The van der Waals surface area contributed by atoms with Crippen molar-refractivity contribution in [2.24, 2.45) is 5.92 Å². The molecule has 136 valence electrons. The molecule has 0 aromatic heterocycles. The highest BCUT2D eigenvalue weighted by Gasteiger charge is 2.48. The van der Waals surface area contributed by atoms with Crippen LogP contribution in [0.25, 0.3) is 0 Å². The number of carbonyl (C=O) groups excluding carboxylic acids is 1. The third-order valence-corrected chi connectivity index (χ3v) is 5.32. The van der Waals surface area contributed by atoms with Crippen molar-refractivity contribution in [3.8, 4) is 0 Å². The maximum atomic E-state index is 12.9. The normalized spacial score (nSPS) is 28.9. The van der Waals surface area contributed by atoms with Crippen molar-refractivity contribution in [3.63, 3.8) is 0 Å². The van der Waals surface area contributed by atoms with E-state index in [4.69, 9.17) is 0 Å².